The molecule has 0 saturated carbocycles. The Balaban J connectivity index is 1.92. The van der Waals surface area contributed by atoms with Crippen molar-refractivity contribution in [2.45, 2.75) is 37.2 Å². The van der Waals surface area contributed by atoms with Gasteiger partial charge in [0.1, 0.15) is 5.82 Å². The summed E-state index contributed by atoms with van der Waals surface area (Å²) in [5.41, 5.74) is 0. The van der Waals surface area contributed by atoms with Crippen LogP contribution in [-0.2, 0) is 4.79 Å². The number of aromatic nitrogens is 3. The number of H-pyrrole nitrogens is 1. The summed E-state index contributed by atoms with van der Waals surface area (Å²) < 4.78 is 0. The van der Waals surface area contributed by atoms with E-state index in [4.69, 9.17) is 0 Å². The average Bonchev–Trinajstić information content (AvgIpc) is 3.06. The number of nitrogens with one attached hydrogen (secondary N) is 2. The Morgan fingerprint density at radius 3 is 2.90 bits per heavy atom. The molecule has 2 N–H and O–H groups in total. The lowest BCUT2D eigenvalue weighted by Crippen LogP contribution is -2.35. The molecule has 2 aromatic heterocycles. The molecule has 1 amide bonds. The van der Waals surface area contributed by atoms with E-state index < -0.39 is 0 Å². The van der Waals surface area contributed by atoms with Crippen LogP contribution in [0, 0.1) is 0 Å². The van der Waals surface area contributed by atoms with Gasteiger partial charge in [-0.3, -0.25) is 9.89 Å². The first-order valence-corrected chi connectivity index (χ1v) is 8.41. The third-order valence-corrected chi connectivity index (χ3v) is 4.31. The summed E-state index contributed by atoms with van der Waals surface area (Å²) in [6, 6.07) is 4.17. The van der Waals surface area contributed by atoms with Crippen LogP contribution in [0.3, 0.4) is 0 Å². The molecule has 1 atom stereocenters. The second kappa shape index (κ2) is 7.42. The van der Waals surface area contributed by atoms with E-state index in [1.807, 2.05) is 50.4 Å². The van der Waals surface area contributed by atoms with Gasteiger partial charge in [-0.15, -0.1) is 16.4 Å². The smallest absolute Gasteiger partial charge is 0.233 e. The molecule has 2 rings (SSSR count). The van der Waals surface area contributed by atoms with Crippen LogP contribution in [0.4, 0.5) is 0 Å². The molecule has 21 heavy (non-hydrogen) atoms. The zero-order valence-electron chi connectivity index (χ0n) is 12.2. The van der Waals surface area contributed by atoms with Gasteiger partial charge in [-0.05, 0) is 44.4 Å². The topological polar surface area (TPSA) is 70.7 Å². The Bertz CT molecular complexity index is 604. The number of amides is 1. The van der Waals surface area contributed by atoms with E-state index in [2.05, 4.69) is 20.5 Å². The van der Waals surface area contributed by atoms with Gasteiger partial charge in [-0.25, -0.2) is 4.98 Å². The number of carbonyl (C=O) groups is 1. The highest BCUT2D eigenvalue weighted by Gasteiger charge is 2.17. The summed E-state index contributed by atoms with van der Waals surface area (Å²) >= 11 is 3.00. The Morgan fingerprint density at radius 2 is 2.24 bits per heavy atom. The number of hydrogen-bond donors (Lipinski definition) is 2. The molecule has 112 valence electrons. The summed E-state index contributed by atoms with van der Waals surface area (Å²) in [5.74, 6) is 0.679. The van der Waals surface area contributed by atoms with Gasteiger partial charge in [0.25, 0.3) is 0 Å². The first kappa shape index (κ1) is 15.8. The fraction of sp³-hybridized carbons (Fsp3) is 0.357. The van der Waals surface area contributed by atoms with Gasteiger partial charge >= 0.3 is 0 Å². The molecule has 0 fully saturated rings. The maximum absolute atomic E-state index is 11.8. The SMILES string of the molecule is CC(C)NC(=O)C(C)Sc1n[nH]c(C=Cc2cccs2)n1. The van der Waals surface area contributed by atoms with E-state index in [1.165, 1.54) is 11.8 Å². The number of hydrogen-bond acceptors (Lipinski definition) is 5. The minimum Gasteiger partial charge on any atom is -0.353 e. The summed E-state index contributed by atoms with van der Waals surface area (Å²) in [4.78, 5) is 17.3. The van der Waals surface area contributed by atoms with Gasteiger partial charge in [0.15, 0.2) is 0 Å². The Labute approximate surface area is 132 Å². The van der Waals surface area contributed by atoms with Crippen molar-refractivity contribution >= 4 is 41.2 Å². The van der Waals surface area contributed by atoms with E-state index in [1.54, 1.807) is 11.3 Å². The molecule has 0 aliphatic heterocycles. The molecule has 2 heterocycles. The highest BCUT2D eigenvalue weighted by atomic mass is 32.2. The fourth-order valence-corrected chi connectivity index (χ4v) is 2.90. The Kier molecular flexibility index (Phi) is 5.58. The summed E-state index contributed by atoms with van der Waals surface area (Å²) in [6.07, 6.45) is 3.86. The largest absolute Gasteiger partial charge is 0.353 e. The zero-order chi connectivity index (χ0) is 15.2. The van der Waals surface area contributed by atoms with Crippen molar-refractivity contribution in [2.24, 2.45) is 0 Å². The van der Waals surface area contributed by atoms with Crippen LogP contribution in [0.1, 0.15) is 31.5 Å². The van der Waals surface area contributed by atoms with Crippen molar-refractivity contribution in [3.63, 3.8) is 0 Å². The highest BCUT2D eigenvalue weighted by molar-refractivity contribution is 8.00. The van der Waals surface area contributed by atoms with Crippen LogP contribution in [-0.4, -0.2) is 32.4 Å². The van der Waals surface area contributed by atoms with Gasteiger partial charge in [-0.1, -0.05) is 17.8 Å². The van der Waals surface area contributed by atoms with Crippen molar-refractivity contribution in [2.75, 3.05) is 0 Å². The number of thiophene rings is 1. The van der Waals surface area contributed by atoms with Crippen molar-refractivity contribution in [3.05, 3.63) is 28.2 Å². The van der Waals surface area contributed by atoms with Gasteiger partial charge in [0.2, 0.25) is 11.1 Å². The third-order valence-electron chi connectivity index (χ3n) is 2.51. The predicted molar refractivity (Wildman–Crippen MR) is 88.2 cm³/mol. The molecule has 2 aromatic rings. The van der Waals surface area contributed by atoms with E-state index in [0.717, 1.165) is 4.88 Å². The van der Waals surface area contributed by atoms with Crippen molar-refractivity contribution in [3.8, 4) is 0 Å². The van der Waals surface area contributed by atoms with Crippen LogP contribution < -0.4 is 5.32 Å². The molecular formula is C14H18N4OS2. The Morgan fingerprint density at radius 1 is 1.43 bits per heavy atom. The molecule has 0 aromatic carbocycles. The molecule has 0 aliphatic rings. The monoisotopic (exact) mass is 322 g/mol. The predicted octanol–water partition coefficient (Wildman–Crippen LogP) is 3.04. The standard InChI is InChI=1S/C14H18N4OS2/c1-9(2)15-13(19)10(3)21-14-16-12(17-18-14)7-6-11-5-4-8-20-11/h4-10H,1-3H3,(H,15,19)(H,16,17,18). The quantitative estimate of drug-likeness (QED) is 0.802. The zero-order valence-corrected chi connectivity index (χ0v) is 13.8. The van der Waals surface area contributed by atoms with Crippen LogP contribution in [0.2, 0.25) is 0 Å². The van der Waals surface area contributed by atoms with Gasteiger partial charge < -0.3 is 5.32 Å². The van der Waals surface area contributed by atoms with Crippen molar-refractivity contribution < 1.29 is 4.79 Å². The summed E-state index contributed by atoms with van der Waals surface area (Å²) in [5, 5.41) is 12.2. The number of nitrogens with zero attached hydrogens (tertiary/aromatic N) is 2. The van der Waals surface area contributed by atoms with Crippen LogP contribution in [0.5, 0.6) is 0 Å². The van der Waals surface area contributed by atoms with E-state index in [0.29, 0.717) is 11.0 Å². The molecule has 0 radical (unpaired) electrons. The van der Waals surface area contributed by atoms with E-state index in [9.17, 15) is 4.79 Å². The molecule has 7 heteroatoms. The first-order chi connectivity index (χ1) is 10.0. The van der Waals surface area contributed by atoms with Gasteiger partial charge in [0, 0.05) is 10.9 Å². The lowest BCUT2D eigenvalue weighted by atomic mass is 10.3. The van der Waals surface area contributed by atoms with E-state index in [-0.39, 0.29) is 17.2 Å². The second-order valence-electron chi connectivity index (χ2n) is 4.78. The molecule has 0 saturated heterocycles. The summed E-state index contributed by atoms with van der Waals surface area (Å²) in [6.45, 7) is 5.73. The second-order valence-corrected chi connectivity index (χ2v) is 7.06. The minimum absolute atomic E-state index is 0.00419. The van der Waals surface area contributed by atoms with Crippen molar-refractivity contribution in [1.29, 1.82) is 0 Å². The Hall–Kier alpha value is -1.60. The van der Waals surface area contributed by atoms with E-state index >= 15 is 0 Å². The normalized spacial score (nSPS) is 13.0. The number of rotatable bonds is 6. The van der Waals surface area contributed by atoms with Gasteiger partial charge in [0.05, 0.1) is 5.25 Å². The van der Waals surface area contributed by atoms with Crippen LogP contribution >= 0.6 is 23.1 Å². The molecule has 5 nitrogen and oxygen atoms in total. The molecule has 0 spiro atoms. The maximum Gasteiger partial charge on any atom is 0.233 e. The first-order valence-electron chi connectivity index (χ1n) is 6.65. The fourth-order valence-electron chi connectivity index (χ4n) is 1.55. The highest BCUT2D eigenvalue weighted by Crippen LogP contribution is 2.20. The summed E-state index contributed by atoms with van der Waals surface area (Å²) in [7, 11) is 0. The number of aromatic amines is 1. The lowest BCUT2D eigenvalue weighted by molar-refractivity contribution is -0.120. The molecule has 0 bridgehead atoms. The lowest BCUT2D eigenvalue weighted by Gasteiger charge is -2.12. The average molecular weight is 322 g/mol. The number of thioether (sulfide) groups is 1. The number of carbonyl (C=O) groups excluding carboxylic acids is 1. The van der Waals surface area contributed by atoms with Crippen molar-refractivity contribution in [1.82, 2.24) is 20.5 Å². The van der Waals surface area contributed by atoms with Crippen LogP contribution in [0.15, 0.2) is 22.7 Å². The molecule has 1 unspecified atom stereocenters. The minimum atomic E-state index is -0.225. The third kappa shape index (κ3) is 5.02. The van der Waals surface area contributed by atoms with Crippen LogP contribution in [0.25, 0.3) is 12.2 Å². The van der Waals surface area contributed by atoms with Gasteiger partial charge in [-0.2, -0.15) is 0 Å². The molecule has 0 aliphatic carbocycles. The molecular weight excluding hydrogens is 304 g/mol. The maximum atomic E-state index is 11.8.